The van der Waals surface area contributed by atoms with Gasteiger partial charge in [0.2, 0.25) is 11.8 Å². The number of benzene rings is 1. The second kappa shape index (κ2) is 8.56. The van der Waals surface area contributed by atoms with E-state index in [1.165, 1.54) is 23.6 Å². The molecule has 0 spiro atoms. The molecule has 0 radical (unpaired) electrons. The summed E-state index contributed by atoms with van der Waals surface area (Å²) < 4.78 is 5.54. The molecule has 2 aliphatic heterocycles. The lowest BCUT2D eigenvalue weighted by Crippen LogP contribution is -2.60. The van der Waals surface area contributed by atoms with Crippen molar-refractivity contribution >= 4 is 48.2 Å². The highest BCUT2D eigenvalue weighted by molar-refractivity contribution is 8.09. The van der Waals surface area contributed by atoms with Crippen LogP contribution >= 0.6 is 11.8 Å². The molecule has 2 N–H and O–H groups in total. The number of nitrogens with one attached hydrogen (secondary N) is 1. The quantitative estimate of drug-likeness (QED) is 0.378. The molecule has 0 unspecified atom stereocenters. The minimum absolute atomic E-state index is 0.195. The van der Waals surface area contributed by atoms with Gasteiger partial charge in [-0.15, -0.1) is 0 Å². The second-order valence-corrected chi connectivity index (χ2v) is 15.6. The molecular formula is C21H28N2O5SSi. The van der Waals surface area contributed by atoms with Gasteiger partial charge in [0.05, 0.1) is 18.6 Å². The predicted octanol–water partition coefficient (Wildman–Crippen LogP) is 3.11. The molecule has 2 amide bonds. The molecule has 30 heavy (non-hydrogen) atoms. The number of amides is 2. The first-order chi connectivity index (χ1) is 14.0. The Bertz CT molecular complexity index is 909. The van der Waals surface area contributed by atoms with Gasteiger partial charge in [-0.05, 0) is 30.7 Å². The van der Waals surface area contributed by atoms with E-state index in [4.69, 9.17) is 4.74 Å². The Morgan fingerprint density at radius 1 is 1.33 bits per heavy atom. The SMILES string of the molecule is CC(=O)Nc1cccc(C2=C(C(=O)OCC[Si](C)(C)C)N3C(=O)[C@H]([C@@H](C)O)[C@H]3S2)c1. The maximum atomic E-state index is 13.0. The highest BCUT2D eigenvalue weighted by Crippen LogP contribution is 2.54. The normalized spacial score (nSPS) is 21.8. The highest BCUT2D eigenvalue weighted by atomic mass is 32.2. The summed E-state index contributed by atoms with van der Waals surface area (Å²) in [6.45, 7) is 9.93. The molecule has 1 fully saturated rings. The third kappa shape index (κ3) is 4.63. The predicted molar refractivity (Wildman–Crippen MR) is 120 cm³/mol. The minimum Gasteiger partial charge on any atom is -0.461 e. The van der Waals surface area contributed by atoms with Gasteiger partial charge in [-0.25, -0.2) is 4.79 Å². The topological polar surface area (TPSA) is 95.9 Å². The van der Waals surface area contributed by atoms with Crippen LogP contribution in [0.5, 0.6) is 0 Å². The lowest BCUT2D eigenvalue weighted by atomic mass is 9.92. The van der Waals surface area contributed by atoms with Crippen molar-refractivity contribution in [1.82, 2.24) is 4.90 Å². The number of anilines is 1. The van der Waals surface area contributed by atoms with E-state index in [1.54, 1.807) is 25.1 Å². The fourth-order valence-electron chi connectivity index (χ4n) is 3.44. The first kappa shape index (κ1) is 22.6. The number of thioether (sulfide) groups is 1. The molecule has 3 atom stereocenters. The Labute approximate surface area is 181 Å². The third-order valence-corrected chi connectivity index (χ3v) is 8.14. The van der Waals surface area contributed by atoms with Crippen molar-refractivity contribution in [1.29, 1.82) is 0 Å². The second-order valence-electron chi connectivity index (χ2n) is 8.87. The van der Waals surface area contributed by atoms with Crippen molar-refractivity contribution < 1.29 is 24.2 Å². The van der Waals surface area contributed by atoms with Gasteiger partial charge < -0.3 is 15.2 Å². The van der Waals surface area contributed by atoms with E-state index in [-0.39, 0.29) is 22.9 Å². The van der Waals surface area contributed by atoms with Crippen LogP contribution in [0.25, 0.3) is 4.91 Å². The Morgan fingerprint density at radius 3 is 2.63 bits per heavy atom. The van der Waals surface area contributed by atoms with Gasteiger partial charge in [0, 0.05) is 25.6 Å². The number of carbonyl (C=O) groups excluding carboxylic acids is 3. The van der Waals surface area contributed by atoms with Crippen molar-refractivity contribution in [3.05, 3.63) is 35.5 Å². The maximum absolute atomic E-state index is 13.0. The Hall–Kier alpha value is -2.10. The van der Waals surface area contributed by atoms with E-state index in [9.17, 15) is 19.5 Å². The maximum Gasteiger partial charge on any atom is 0.356 e. The van der Waals surface area contributed by atoms with E-state index < -0.39 is 26.1 Å². The average Bonchev–Trinajstić information content (AvgIpc) is 2.95. The summed E-state index contributed by atoms with van der Waals surface area (Å²) in [5.41, 5.74) is 1.55. The summed E-state index contributed by atoms with van der Waals surface area (Å²) in [6.07, 6.45) is -0.805. The van der Waals surface area contributed by atoms with Gasteiger partial charge in [-0.2, -0.15) is 0 Å². The van der Waals surface area contributed by atoms with Crippen molar-refractivity contribution in [2.75, 3.05) is 11.9 Å². The lowest BCUT2D eigenvalue weighted by molar-refractivity contribution is -0.158. The molecule has 1 saturated heterocycles. The van der Waals surface area contributed by atoms with Gasteiger partial charge in [0.15, 0.2) is 0 Å². The molecule has 0 aromatic heterocycles. The summed E-state index contributed by atoms with van der Waals surface area (Å²) >= 11 is 1.38. The molecule has 2 aliphatic rings. The van der Waals surface area contributed by atoms with Crippen LogP contribution in [0.15, 0.2) is 30.0 Å². The highest BCUT2D eigenvalue weighted by Gasteiger charge is 2.58. The smallest absolute Gasteiger partial charge is 0.356 e. The number of esters is 1. The molecule has 9 heteroatoms. The van der Waals surface area contributed by atoms with Crippen LogP contribution in [0.4, 0.5) is 5.69 Å². The van der Waals surface area contributed by atoms with E-state index in [0.717, 1.165) is 11.6 Å². The number of hydrogen-bond acceptors (Lipinski definition) is 6. The number of aliphatic hydroxyl groups excluding tert-OH is 1. The van der Waals surface area contributed by atoms with E-state index in [0.29, 0.717) is 17.2 Å². The summed E-state index contributed by atoms with van der Waals surface area (Å²) in [6, 6.07) is 7.98. The standard InChI is InChI=1S/C21H28N2O5SSi/c1-12(24)16-19(26)23-17(21(27)28-9-10-30(3,4)5)18(29-20(16)23)14-7-6-8-15(11-14)22-13(2)25/h6-8,11-12,16,20,24H,9-10H2,1-5H3,(H,22,25)/t12-,16+,20-/m1/s1. The van der Waals surface area contributed by atoms with Crippen LogP contribution in [0.3, 0.4) is 0 Å². The molecule has 1 aromatic rings. The molecule has 0 bridgehead atoms. The molecule has 0 aliphatic carbocycles. The molecule has 1 aromatic carbocycles. The van der Waals surface area contributed by atoms with Crippen molar-refractivity contribution in [3.8, 4) is 0 Å². The zero-order valence-corrected chi connectivity index (χ0v) is 19.7. The van der Waals surface area contributed by atoms with E-state index in [2.05, 4.69) is 25.0 Å². The minimum atomic E-state index is -1.38. The zero-order valence-electron chi connectivity index (χ0n) is 17.9. The molecule has 0 saturated carbocycles. The Balaban J connectivity index is 1.93. The van der Waals surface area contributed by atoms with Gasteiger partial charge in [-0.1, -0.05) is 43.5 Å². The van der Waals surface area contributed by atoms with Crippen LogP contribution < -0.4 is 5.32 Å². The molecule has 3 rings (SSSR count). The monoisotopic (exact) mass is 448 g/mol. The summed E-state index contributed by atoms with van der Waals surface area (Å²) in [5.74, 6) is -1.55. The van der Waals surface area contributed by atoms with Crippen LogP contribution in [0, 0.1) is 5.92 Å². The lowest BCUT2D eigenvalue weighted by Gasteiger charge is -2.43. The first-order valence-corrected chi connectivity index (χ1v) is 14.6. The fraction of sp³-hybridized carbons (Fsp3) is 0.476. The molecule has 7 nitrogen and oxygen atoms in total. The van der Waals surface area contributed by atoms with Gasteiger partial charge in [0.25, 0.3) is 0 Å². The number of ether oxygens (including phenoxy) is 1. The van der Waals surface area contributed by atoms with E-state index >= 15 is 0 Å². The van der Waals surface area contributed by atoms with Gasteiger partial charge in [-0.3, -0.25) is 14.5 Å². The molecule has 162 valence electrons. The van der Waals surface area contributed by atoms with E-state index in [1.807, 2.05) is 6.07 Å². The Kier molecular flexibility index (Phi) is 6.44. The third-order valence-electron chi connectivity index (χ3n) is 5.02. The summed E-state index contributed by atoms with van der Waals surface area (Å²) in [4.78, 5) is 39.2. The number of fused-ring (bicyclic) bond motifs is 1. The van der Waals surface area contributed by atoms with Gasteiger partial charge in [0.1, 0.15) is 11.1 Å². The molecular weight excluding hydrogens is 420 g/mol. The van der Waals surface area contributed by atoms with Crippen molar-refractivity contribution in [2.45, 2.75) is 51.0 Å². The summed E-state index contributed by atoms with van der Waals surface area (Å²) in [5, 5.41) is 12.4. The van der Waals surface area contributed by atoms with Crippen molar-refractivity contribution in [2.24, 2.45) is 5.92 Å². The fourth-order valence-corrected chi connectivity index (χ4v) is 5.75. The van der Waals surface area contributed by atoms with Crippen LogP contribution in [0.2, 0.25) is 25.7 Å². The average molecular weight is 449 g/mol. The van der Waals surface area contributed by atoms with Crippen LogP contribution in [-0.2, 0) is 19.1 Å². The number of rotatable bonds is 7. The molecule has 2 heterocycles. The first-order valence-electron chi connectivity index (χ1n) is 9.97. The number of aliphatic hydroxyl groups is 1. The number of hydrogen-bond donors (Lipinski definition) is 2. The van der Waals surface area contributed by atoms with Gasteiger partial charge >= 0.3 is 5.97 Å². The number of β-lactam (4-membered cyclic amide) rings is 1. The number of nitrogens with zero attached hydrogens (tertiary/aromatic N) is 1. The van der Waals surface area contributed by atoms with Crippen LogP contribution in [-0.4, -0.2) is 53.9 Å². The Morgan fingerprint density at radius 2 is 2.03 bits per heavy atom. The van der Waals surface area contributed by atoms with Crippen LogP contribution in [0.1, 0.15) is 19.4 Å². The summed E-state index contributed by atoms with van der Waals surface area (Å²) in [7, 11) is -1.38. The van der Waals surface area contributed by atoms with Crippen molar-refractivity contribution in [3.63, 3.8) is 0 Å². The largest absolute Gasteiger partial charge is 0.461 e. The number of carbonyl (C=O) groups is 3. The zero-order chi connectivity index (χ0) is 22.2.